The molecule has 0 saturated heterocycles. The second kappa shape index (κ2) is 16.0. The molecule has 0 N–H and O–H groups in total. The molecule has 0 aliphatic heterocycles. The van der Waals surface area contributed by atoms with Crippen LogP contribution in [0.1, 0.15) is 34.1 Å². The van der Waals surface area contributed by atoms with Crippen LogP contribution in [-0.4, -0.2) is 0 Å². The summed E-state index contributed by atoms with van der Waals surface area (Å²) >= 11 is 0. The second-order valence-corrected chi connectivity index (χ2v) is 2.97. The minimum Gasteiger partial charge on any atom is -0.346 e. The summed E-state index contributed by atoms with van der Waals surface area (Å²) in [5, 5.41) is 0. The van der Waals surface area contributed by atoms with Crippen LogP contribution in [0.2, 0.25) is 0 Å². The van der Waals surface area contributed by atoms with Crippen LogP contribution < -0.4 is 0 Å². The van der Waals surface area contributed by atoms with Gasteiger partial charge in [0.2, 0.25) is 0 Å². The molecule has 0 aromatic rings. The molecule has 0 saturated carbocycles. The van der Waals surface area contributed by atoms with Crippen molar-refractivity contribution in [3.05, 3.63) is 55.0 Å². The van der Waals surface area contributed by atoms with Gasteiger partial charge in [-0.1, -0.05) is 20.8 Å². The zero-order valence-electron chi connectivity index (χ0n) is 10.2. The minimum absolute atomic E-state index is 0. The van der Waals surface area contributed by atoms with Gasteiger partial charge in [0.1, 0.15) is 0 Å². The van der Waals surface area contributed by atoms with E-state index >= 15 is 0 Å². The fourth-order valence-electron chi connectivity index (χ4n) is 0.796. The van der Waals surface area contributed by atoms with E-state index in [1.165, 1.54) is 5.57 Å². The zero-order valence-corrected chi connectivity index (χ0v) is 11.9. The summed E-state index contributed by atoms with van der Waals surface area (Å²) < 4.78 is 0. The minimum atomic E-state index is 0. The van der Waals surface area contributed by atoms with Gasteiger partial charge < -0.3 is 6.92 Å². The molecule has 0 atom stereocenters. The maximum absolute atomic E-state index is 5.33. The van der Waals surface area contributed by atoms with Gasteiger partial charge in [0.25, 0.3) is 0 Å². The molecule has 1 heteroatoms. The van der Waals surface area contributed by atoms with Gasteiger partial charge in [-0.3, -0.25) is 12.7 Å². The molecule has 0 spiro atoms. The number of hydrogen-bond donors (Lipinski definition) is 0. The molecule has 0 fully saturated rings. The van der Waals surface area contributed by atoms with Gasteiger partial charge in [-0.2, -0.15) is 18.6 Å². The van der Waals surface area contributed by atoms with Gasteiger partial charge in [-0.05, 0) is 0 Å². The molecule has 15 heavy (non-hydrogen) atoms. The van der Waals surface area contributed by atoms with Crippen molar-refractivity contribution in [3.8, 4) is 0 Å². The molecule has 0 heterocycles. The van der Waals surface area contributed by atoms with Crippen LogP contribution in [0.5, 0.6) is 0 Å². The van der Waals surface area contributed by atoms with Crippen molar-refractivity contribution < 1.29 is 19.5 Å². The molecular formula is C14H21Ru. The molecule has 1 aliphatic carbocycles. The Kier molecular flexibility index (Phi) is 21.4. The Balaban J connectivity index is -0.000000159. The van der Waals surface area contributed by atoms with E-state index in [1.54, 1.807) is 6.92 Å². The summed E-state index contributed by atoms with van der Waals surface area (Å²) in [7, 11) is 0. The average molecular weight is 290 g/mol. The van der Waals surface area contributed by atoms with Crippen LogP contribution in [0.4, 0.5) is 0 Å². The standard InChI is InChI=1S/C7H11.C5H5.C2H5.Ru/c1-6(2)5-7(3)4;1-2-4-5-3-1;1-2;/h1,5H,2-4H3;1-3H,4H2;1H2,2H3;/q3*-1;+3. The van der Waals surface area contributed by atoms with Crippen molar-refractivity contribution in [2.24, 2.45) is 0 Å². The maximum Gasteiger partial charge on any atom is 3.00 e. The first-order chi connectivity index (χ1) is 6.63. The van der Waals surface area contributed by atoms with Crippen LogP contribution in [-0.2, 0) is 19.5 Å². The molecule has 1 rings (SSSR count). The molecule has 0 aromatic carbocycles. The zero-order chi connectivity index (χ0) is 11.4. The van der Waals surface area contributed by atoms with Crippen molar-refractivity contribution >= 4 is 0 Å². The molecular weight excluding hydrogens is 269 g/mol. The molecule has 0 nitrogen and oxygen atoms in total. The largest absolute Gasteiger partial charge is 3.00 e. The molecule has 1 aliphatic rings. The first kappa shape index (κ1) is 20.1. The van der Waals surface area contributed by atoms with E-state index in [-0.39, 0.29) is 19.5 Å². The fraction of sp³-hybridized carbons (Fsp3) is 0.357. The number of rotatable bonds is 1. The third-order valence-corrected chi connectivity index (χ3v) is 1.10. The van der Waals surface area contributed by atoms with E-state index < -0.39 is 0 Å². The molecule has 0 aromatic heterocycles. The number of allylic oxidation sites excluding steroid dienone is 7. The quantitative estimate of drug-likeness (QED) is 0.379. The fourth-order valence-corrected chi connectivity index (χ4v) is 0.796. The Bertz CT molecular complexity index is 205. The second-order valence-electron chi connectivity index (χ2n) is 2.97. The van der Waals surface area contributed by atoms with Gasteiger partial charge in [0, 0.05) is 0 Å². The van der Waals surface area contributed by atoms with Crippen LogP contribution >= 0.6 is 0 Å². The summed E-state index contributed by atoms with van der Waals surface area (Å²) in [4.78, 5) is 0. The SMILES string of the molecule is [C-]1=CC=CC1.[CH-]=C(C)C=C(C)C.[CH2-]C.[Ru+3]. The third-order valence-electron chi connectivity index (χ3n) is 1.10. The molecule has 0 bridgehead atoms. The van der Waals surface area contributed by atoms with Gasteiger partial charge in [0.15, 0.2) is 0 Å². The predicted octanol–water partition coefficient (Wildman–Crippen LogP) is 4.48. The topological polar surface area (TPSA) is 0 Å². The Morgan fingerprint density at radius 2 is 1.87 bits per heavy atom. The van der Waals surface area contributed by atoms with E-state index in [0.29, 0.717) is 0 Å². The van der Waals surface area contributed by atoms with Crippen LogP contribution in [0.25, 0.3) is 0 Å². The molecule has 85 valence electrons. The van der Waals surface area contributed by atoms with Crippen molar-refractivity contribution in [2.45, 2.75) is 34.1 Å². The smallest absolute Gasteiger partial charge is 0.346 e. The van der Waals surface area contributed by atoms with Gasteiger partial charge in [0.05, 0.1) is 0 Å². The maximum atomic E-state index is 5.33. The summed E-state index contributed by atoms with van der Waals surface area (Å²) in [6, 6.07) is 0. The van der Waals surface area contributed by atoms with E-state index in [2.05, 4.69) is 19.1 Å². The summed E-state index contributed by atoms with van der Waals surface area (Å²) in [6.45, 7) is 16.3. The van der Waals surface area contributed by atoms with E-state index in [1.807, 2.05) is 39.0 Å². The van der Waals surface area contributed by atoms with Gasteiger partial charge >= 0.3 is 19.5 Å². The van der Waals surface area contributed by atoms with Crippen LogP contribution in [0.15, 0.2) is 35.5 Å². The van der Waals surface area contributed by atoms with E-state index in [9.17, 15) is 0 Å². The average Bonchev–Trinajstić information content (AvgIpc) is 2.61. The van der Waals surface area contributed by atoms with Crippen molar-refractivity contribution in [1.29, 1.82) is 0 Å². The first-order valence-electron chi connectivity index (χ1n) is 4.79. The van der Waals surface area contributed by atoms with Crippen molar-refractivity contribution in [2.75, 3.05) is 0 Å². The Labute approximate surface area is 109 Å². The van der Waals surface area contributed by atoms with Gasteiger partial charge in [-0.15, -0.1) is 6.42 Å². The third kappa shape index (κ3) is 24.7. The van der Waals surface area contributed by atoms with Crippen molar-refractivity contribution in [3.63, 3.8) is 0 Å². The van der Waals surface area contributed by atoms with E-state index in [0.717, 1.165) is 12.0 Å². The summed E-state index contributed by atoms with van der Waals surface area (Å²) in [5.74, 6) is 0. The van der Waals surface area contributed by atoms with Crippen LogP contribution in [0, 0.1) is 19.6 Å². The van der Waals surface area contributed by atoms with Crippen molar-refractivity contribution in [1.82, 2.24) is 0 Å². The normalized spacial score (nSPS) is 9.93. The summed E-state index contributed by atoms with van der Waals surface area (Å²) in [6.07, 6.45) is 11.9. The Morgan fingerprint density at radius 1 is 1.33 bits per heavy atom. The van der Waals surface area contributed by atoms with E-state index in [4.69, 9.17) is 6.58 Å². The first-order valence-corrected chi connectivity index (χ1v) is 4.79. The molecule has 0 amide bonds. The van der Waals surface area contributed by atoms with Crippen LogP contribution in [0.3, 0.4) is 0 Å². The summed E-state index contributed by atoms with van der Waals surface area (Å²) in [5.41, 5.74) is 2.13. The Hall–Kier alpha value is -0.417. The monoisotopic (exact) mass is 291 g/mol. The predicted molar refractivity (Wildman–Crippen MR) is 65.5 cm³/mol. The number of hydrogen-bond acceptors (Lipinski definition) is 0. The molecule has 0 unspecified atom stereocenters. The molecule has 1 radical (unpaired) electrons. The van der Waals surface area contributed by atoms with Gasteiger partial charge in [-0.25, -0.2) is 23.8 Å². The Morgan fingerprint density at radius 3 is 1.93 bits per heavy atom.